The van der Waals surface area contributed by atoms with Crippen LogP contribution in [-0.4, -0.2) is 18.5 Å². The second kappa shape index (κ2) is 5.86. The molecule has 1 amide bonds. The van der Waals surface area contributed by atoms with Gasteiger partial charge in [-0.2, -0.15) is 5.26 Å². The molecule has 3 rings (SSSR count). The zero-order valence-electron chi connectivity index (χ0n) is 11.8. The van der Waals surface area contributed by atoms with Gasteiger partial charge in [-0.3, -0.25) is 4.79 Å². The SMILES string of the molecule is N#Cc1ccc(NC2CCN(c3ccccc3)C2=O)c(F)c1. The summed E-state index contributed by atoms with van der Waals surface area (Å²) in [5.74, 6) is -0.597. The molecular formula is C17H14FN3O. The summed E-state index contributed by atoms with van der Waals surface area (Å²) in [6.45, 7) is 0.596. The number of hydrogen-bond acceptors (Lipinski definition) is 3. The van der Waals surface area contributed by atoms with Crippen LogP contribution in [0, 0.1) is 17.1 Å². The van der Waals surface area contributed by atoms with Crippen LogP contribution < -0.4 is 10.2 Å². The van der Waals surface area contributed by atoms with Crippen molar-refractivity contribution in [2.75, 3.05) is 16.8 Å². The summed E-state index contributed by atoms with van der Waals surface area (Å²) in [5.41, 5.74) is 1.34. The van der Waals surface area contributed by atoms with Gasteiger partial charge in [-0.25, -0.2) is 4.39 Å². The third-order valence-electron chi connectivity index (χ3n) is 3.70. The summed E-state index contributed by atoms with van der Waals surface area (Å²) >= 11 is 0. The van der Waals surface area contributed by atoms with Gasteiger partial charge in [0, 0.05) is 12.2 Å². The van der Waals surface area contributed by atoms with Crippen molar-refractivity contribution in [3.8, 4) is 6.07 Å². The van der Waals surface area contributed by atoms with Crippen molar-refractivity contribution in [1.29, 1.82) is 5.26 Å². The fourth-order valence-corrected chi connectivity index (χ4v) is 2.57. The standard InChI is InChI=1S/C17H14FN3O/c18-14-10-12(11-19)6-7-15(14)20-16-8-9-21(17(16)22)13-4-2-1-3-5-13/h1-7,10,16,20H,8-9H2. The number of halogens is 1. The van der Waals surface area contributed by atoms with E-state index in [0.717, 1.165) is 11.8 Å². The molecule has 1 unspecified atom stereocenters. The maximum atomic E-state index is 13.9. The molecule has 110 valence electrons. The van der Waals surface area contributed by atoms with Crippen molar-refractivity contribution in [2.45, 2.75) is 12.5 Å². The Morgan fingerprint density at radius 3 is 2.68 bits per heavy atom. The van der Waals surface area contributed by atoms with E-state index >= 15 is 0 Å². The number of rotatable bonds is 3. The second-order valence-electron chi connectivity index (χ2n) is 5.12. The van der Waals surface area contributed by atoms with E-state index in [1.807, 2.05) is 36.4 Å². The Morgan fingerprint density at radius 1 is 1.23 bits per heavy atom. The first kappa shape index (κ1) is 14.1. The quantitative estimate of drug-likeness (QED) is 0.947. The molecule has 1 atom stereocenters. The molecule has 22 heavy (non-hydrogen) atoms. The van der Waals surface area contributed by atoms with Gasteiger partial charge < -0.3 is 10.2 Å². The van der Waals surface area contributed by atoms with Crippen molar-refractivity contribution in [3.63, 3.8) is 0 Å². The Labute approximate surface area is 127 Å². The van der Waals surface area contributed by atoms with Crippen LogP contribution in [0.15, 0.2) is 48.5 Å². The minimum Gasteiger partial charge on any atom is -0.371 e. The van der Waals surface area contributed by atoms with E-state index in [1.54, 1.807) is 4.90 Å². The summed E-state index contributed by atoms with van der Waals surface area (Å²) in [7, 11) is 0. The van der Waals surface area contributed by atoms with Crippen molar-refractivity contribution in [3.05, 3.63) is 59.9 Å². The maximum Gasteiger partial charge on any atom is 0.249 e. The highest BCUT2D eigenvalue weighted by atomic mass is 19.1. The van der Waals surface area contributed by atoms with Crippen LogP contribution in [0.4, 0.5) is 15.8 Å². The summed E-state index contributed by atoms with van der Waals surface area (Å²) < 4.78 is 13.9. The third-order valence-corrected chi connectivity index (χ3v) is 3.70. The molecule has 0 saturated carbocycles. The molecule has 1 saturated heterocycles. The number of para-hydroxylation sites is 1. The predicted molar refractivity (Wildman–Crippen MR) is 81.9 cm³/mol. The molecule has 0 aliphatic carbocycles. The molecule has 0 spiro atoms. The maximum absolute atomic E-state index is 13.9. The Morgan fingerprint density at radius 2 is 2.00 bits per heavy atom. The summed E-state index contributed by atoms with van der Waals surface area (Å²) in [6, 6.07) is 15.0. The molecule has 1 aliphatic heterocycles. The minimum atomic E-state index is -0.523. The number of amides is 1. The Balaban J connectivity index is 1.75. The minimum absolute atomic E-state index is 0.0741. The molecule has 1 fully saturated rings. The van der Waals surface area contributed by atoms with Crippen molar-refractivity contribution >= 4 is 17.3 Å². The number of nitrogens with one attached hydrogen (secondary N) is 1. The molecule has 1 N–H and O–H groups in total. The van der Waals surface area contributed by atoms with Crippen LogP contribution in [0.1, 0.15) is 12.0 Å². The van der Waals surface area contributed by atoms with Gasteiger partial charge in [-0.15, -0.1) is 0 Å². The van der Waals surface area contributed by atoms with E-state index in [-0.39, 0.29) is 17.2 Å². The lowest BCUT2D eigenvalue weighted by atomic mass is 10.2. The topological polar surface area (TPSA) is 56.1 Å². The first-order valence-electron chi connectivity index (χ1n) is 7.01. The van der Waals surface area contributed by atoms with Crippen molar-refractivity contribution in [2.24, 2.45) is 0 Å². The molecule has 0 radical (unpaired) electrons. The highest BCUT2D eigenvalue weighted by Crippen LogP contribution is 2.24. The number of anilines is 2. The van der Waals surface area contributed by atoms with Gasteiger partial charge in [0.25, 0.3) is 0 Å². The number of nitriles is 1. The van der Waals surface area contributed by atoms with E-state index < -0.39 is 11.9 Å². The molecule has 2 aromatic rings. The number of nitrogens with zero attached hydrogens (tertiary/aromatic N) is 2. The first-order chi connectivity index (χ1) is 10.7. The van der Waals surface area contributed by atoms with E-state index in [0.29, 0.717) is 13.0 Å². The van der Waals surface area contributed by atoms with Crippen LogP contribution in [0.3, 0.4) is 0 Å². The van der Waals surface area contributed by atoms with E-state index in [2.05, 4.69) is 5.32 Å². The number of carbonyl (C=O) groups excluding carboxylic acids is 1. The number of carbonyl (C=O) groups is 1. The second-order valence-corrected chi connectivity index (χ2v) is 5.12. The van der Waals surface area contributed by atoms with Crippen molar-refractivity contribution < 1.29 is 9.18 Å². The Kier molecular flexibility index (Phi) is 3.75. The largest absolute Gasteiger partial charge is 0.371 e. The lowest BCUT2D eigenvalue weighted by Crippen LogP contribution is -2.33. The van der Waals surface area contributed by atoms with E-state index in [1.165, 1.54) is 12.1 Å². The van der Waals surface area contributed by atoms with Crippen LogP contribution in [0.25, 0.3) is 0 Å². The van der Waals surface area contributed by atoms with Crippen LogP contribution in [0.2, 0.25) is 0 Å². The Hall–Kier alpha value is -2.87. The molecule has 1 aliphatic rings. The predicted octanol–water partition coefficient (Wildman–Crippen LogP) is 2.91. The van der Waals surface area contributed by atoms with Crippen LogP contribution in [-0.2, 0) is 4.79 Å². The summed E-state index contributed by atoms with van der Waals surface area (Å²) in [6.07, 6.45) is 0.604. The average molecular weight is 295 g/mol. The van der Waals surface area contributed by atoms with Gasteiger partial charge in [0.2, 0.25) is 5.91 Å². The highest BCUT2D eigenvalue weighted by Gasteiger charge is 2.32. The zero-order chi connectivity index (χ0) is 15.5. The van der Waals surface area contributed by atoms with Gasteiger partial charge >= 0.3 is 0 Å². The van der Waals surface area contributed by atoms with Gasteiger partial charge in [0.1, 0.15) is 11.9 Å². The first-order valence-corrected chi connectivity index (χ1v) is 7.01. The number of hydrogen-bond donors (Lipinski definition) is 1. The molecule has 0 aromatic heterocycles. The summed E-state index contributed by atoms with van der Waals surface area (Å²) in [4.78, 5) is 14.1. The monoisotopic (exact) mass is 295 g/mol. The van der Waals surface area contributed by atoms with Gasteiger partial charge in [0.15, 0.2) is 0 Å². The van der Waals surface area contributed by atoms with Crippen LogP contribution in [0.5, 0.6) is 0 Å². The Bertz CT molecular complexity index is 739. The molecule has 0 bridgehead atoms. The van der Waals surface area contributed by atoms with E-state index in [4.69, 9.17) is 5.26 Å². The molecule has 5 heteroatoms. The molecule has 2 aromatic carbocycles. The molecule has 1 heterocycles. The average Bonchev–Trinajstić information content (AvgIpc) is 2.91. The lowest BCUT2D eigenvalue weighted by Gasteiger charge is -2.18. The fourth-order valence-electron chi connectivity index (χ4n) is 2.57. The highest BCUT2D eigenvalue weighted by molar-refractivity contribution is 6.01. The normalized spacial score (nSPS) is 17.4. The van der Waals surface area contributed by atoms with Crippen LogP contribution >= 0.6 is 0 Å². The lowest BCUT2D eigenvalue weighted by molar-refractivity contribution is -0.117. The zero-order valence-corrected chi connectivity index (χ0v) is 11.8. The van der Waals surface area contributed by atoms with Gasteiger partial charge in [-0.1, -0.05) is 18.2 Å². The fraction of sp³-hybridized carbons (Fsp3) is 0.176. The smallest absolute Gasteiger partial charge is 0.249 e. The van der Waals surface area contributed by atoms with Gasteiger partial charge in [0.05, 0.1) is 17.3 Å². The van der Waals surface area contributed by atoms with Crippen molar-refractivity contribution in [1.82, 2.24) is 0 Å². The third kappa shape index (κ3) is 2.63. The number of benzene rings is 2. The van der Waals surface area contributed by atoms with E-state index in [9.17, 15) is 9.18 Å². The summed E-state index contributed by atoms with van der Waals surface area (Å²) in [5, 5.41) is 11.7. The molecular weight excluding hydrogens is 281 g/mol. The molecule has 4 nitrogen and oxygen atoms in total. The van der Waals surface area contributed by atoms with Gasteiger partial charge in [-0.05, 0) is 36.8 Å².